The maximum Gasteiger partial charge on any atom is 0.224 e. The Morgan fingerprint density at radius 3 is 2.68 bits per heavy atom. The molecule has 5 nitrogen and oxygen atoms in total. The molecule has 1 aromatic carbocycles. The van der Waals surface area contributed by atoms with Crippen LogP contribution in [0.15, 0.2) is 24.4 Å². The number of aliphatic hydroxyl groups excluding tert-OH is 1. The molecule has 0 aliphatic rings. The SMILES string of the molecule is CP(C)Oc1cc(CO)ccc1Nc1nc(Cl)ncc1Cl.P. The molecule has 0 saturated heterocycles. The lowest BCUT2D eigenvalue weighted by Crippen LogP contribution is -1.99. The molecular formula is C13H17Cl2N3O2P2. The van der Waals surface area contributed by atoms with Crippen molar-refractivity contribution < 1.29 is 9.63 Å². The quantitative estimate of drug-likeness (QED) is 0.604. The van der Waals surface area contributed by atoms with Crippen LogP contribution < -0.4 is 9.84 Å². The predicted octanol–water partition coefficient (Wildman–Crippen LogP) is 4.11. The Hall–Kier alpha value is -0.700. The van der Waals surface area contributed by atoms with Gasteiger partial charge in [0.25, 0.3) is 0 Å². The van der Waals surface area contributed by atoms with Crippen LogP contribution in [0.5, 0.6) is 5.75 Å². The predicted molar refractivity (Wildman–Crippen MR) is 98.2 cm³/mol. The van der Waals surface area contributed by atoms with Crippen molar-refractivity contribution in [1.29, 1.82) is 0 Å². The molecule has 1 aromatic heterocycles. The lowest BCUT2D eigenvalue weighted by atomic mass is 10.2. The minimum absolute atomic E-state index is 0. The molecule has 120 valence electrons. The van der Waals surface area contributed by atoms with E-state index in [0.717, 1.165) is 5.56 Å². The number of benzene rings is 1. The Bertz CT molecular complexity index is 645. The largest absolute Gasteiger partial charge is 0.472 e. The molecule has 0 fully saturated rings. The Kier molecular flexibility index (Phi) is 7.75. The van der Waals surface area contributed by atoms with Crippen molar-refractivity contribution in [2.75, 3.05) is 18.6 Å². The number of aromatic nitrogens is 2. The maximum absolute atomic E-state index is 9.23. The summed E-state index contributed by atoms with van der Waals surface area (Å²) in [7, 11) is -0.612. The Labute approximate surface area is 143 Å². The lowest BCUT2D eigenvalue weighted by Gasteiger charge is -2.16. The lowest BCUT2D eigenvalue weighted by molar-refractivity contribution is 0.281. The van der Waals surface area contributed by atoms with Crippen molar-refractivity contribution in [3.05, 3.63) is 40.3 Å². The van der Waals surface area contributed by atoms with Gasteiger partial charge in [-0.05, 0) is 42.6 Å². The van der Waals surface area contributed by atoms with E-state index in [1.165, 1.54) is 6.20 Å². The van der Waals surface area contributed by atoms with Crippen LogP contribution in [0, 0.1) is 0 Å². The zero-order chi connectivity index (χ0) is 15.4. The second kappa shape index (κ2) is 8.81. The van der Waals surface area contributed by atoms with Crippen LogP contribution in [0.1, 0.15) is 5.56 Å². The molecule has 22 heavy (non-hydrogen) atoms. The summed E-state index contributed by atoms with van der Waals surface area (Å²) in [5.41, 5.74) is 1.46. The van der Waals surface area contributed by atoms with Gasteiger partial charge in [0.05, 0.1) is 26.6 Å². The van der Waals surface area contributed by atoms with Crippen molar-refractivity contribution in [1.82, 2.24) is 9.97 Å². The first kappa shape index (κ1) is 19.3. The molecule has 0 bridgehead atoms. The van der Waals surface area contributed by atoms with E-state index in [2.05, 4.69) is 15.3 Å². The van der Waals surface area contributed by atoms with E-state index in [1.807, 2.05) is 13.3 Å². The molecule has 2 aromatic rings. The van der Waals surface area contributed by atoms with Crippen molar-refractivity contribution in [2.45, 2.75) is 6.61 Å². The van der Waals surface area contributed by atoms with E-state index < -0.39 is 8.15 Å². The summed E-state index contributed by atoms with van der Waals surface area (Å²) >= 11 is 11.8. The highest BCUT2D eigenvalue weighted by atomic mass is 35.5. The molecule has 1 atom stereocenters. The van der Waals surface area contributed by atoms with Gasteiger partial charge in [0.1, 0.15) is 10.8 Å². The number of anilines is 2. The number of rotatable bonds is 5. The minimum Gasteiger partial charge on any atom is -0.472 e. The number of nitrogens with one attached hydrogen (secondary N) is 1. The monoisotopic (exact) mass is 379 g/mol. The molecule has 2 rings (SSSR count). The first-order chi connectivity index (χ1) is 9.99. The molecule has 9 heteroatoms. The molecule has 0 amide bonds. The highest BCUT2D eigenvalue weighted by molar-refractivity contribution is 7.51. The van der Waals surface area contributed by atoms with E-state index in [-0.39, 0.29) is 21.8 Å². The van der Waals surface area contributed by atoms with Crippen LogP contribution in [0.3, 0.4) is 0 Å². The number of nitrogens with zero attached hydrogens (tertiary/aromatic N) is 2. The fourth-order valence-electron chi connectivity index (χ4n) is 1.60. The molecular weight excluding hydrogens is 363 g/mol. The molecule has 0 aliphatic heterocycles. The van der Waals surface area contributed by atoms with E-state index in [0.29, 0.717) is 22.3 Å². The van der Waals surface area contributed by atoms with Gasteiger partial charge in [-0.15, -0.1) is 0 Å². The molecule has 1 heterocycles. The fourth-order valence-corrected chi connectivity index (χ4v) is 2.42. The summed E-state index contributed by atoms with van der Waals surface area (Å²) < 4.78 is 5.80. The minimum atomic E-state index is -0.612. The van der Waals surface area contributed by atoms with Gasteiger partial charge in [0.15, 0.2) is 5.82 Å². The van der Waals surface area contributed by atoms with Crippen molar-refractivity contribution >= 4 is 52.8 Å². The van der Waals surface area contributed by atoms with E-state index in [9.17, 15) is 5.11 Å². The summed E-state index contributed by atoms with van der Waals surface area (Å²) in [6.07, 6.45) is 1.42. The van der Waals surface area contributed by atoms with Crippen LogP contribution in [-0.2, 0) is 6.61 Å². The Balaban J connectivity index is 0.00000242. The van der Waals surface area contributed by atoms with Crippen LogP contribution in [0.2, 0.25) is 10.3 Å². The summed E-state index contributed by atoms with van der Waals surface area (Å²) in [5, 5.41) is 12.8. The van der Waals surface area contributed by atoms with Crippen LogP contribution in [0.4, 0.5) is 11.5 Å². The number of aliphatic hydroxyl groups is 1. The van der Waals surface area contributed by atoms with E-state index in [1.54, 1.807) is 18.2 Å². The molecule has 2 N–H and O–H groups in total. The summed E-state index contributed by atoms with van der Waals surface area (Å²) in [4.78, 5) is 7.84. The number of hydrogen-bond donors (Lipinski definition) is 2. The van der Waals surface area contributed by atoms with Gasteiger partial charge in [-0.1, -0.05) is 17.7 Å². The Morgan fingerprint density at radius 2 is 2.05 bits per heavy atom. The average Bonchev–Trinajstić information content (AvgIpc) is 2.44. The standard InChI is InChI=1S/C13H14Cl2N3O2P.H3P/c1-21(2)20-11-5-8(7-19)3-4-10(11)17-12-9(14)6-16-13(15)18-12;/h3-6,19H,7H2,1-2H3,(H,16,17,18);1H3. The normalized spacial score (nSPS) is 10.3. The average molecular weight is 380 g/mol. The summed E-state index contributed by atoms with van der Waals surface area (Å²) in [6.45, 7) is 3.92. The van der Waals surface area contributed by atoms with Gasteiger partial charge in [0.2, 0.25) is 5.28 Å². The zero-order valence-electron chi connectivity index (χ0n) is 12.2. The number of halogens is 2. The first-order valence-corrected chi connectivity index (χ1v) is 8.94. The Morgan fingerprint density at radius 1 is 1.32 bits per heavy atom. The van der Waals surface area contributed by atoms with E-state index in [4.69, 9.17) is 27.7 Å². The van der Waals surface area contributed by atoms with Crippen LogP contribution in [0.25, 0.3) is 0 Å². The molecule has 1 unspecified atom stereocenters. The van der Waals surface area contributed by atoms with Gasteiger partial charge in [-0.3, -0.25) is 0 Å². The molecule has 0 saturated carbocycles. The van der Waals surface area contributed by atoms with Gasteiger partial charge in [0, 0.05) is 0 Å². The molecule has 0 aliphatic carbocycles. The van der Waals surface area contributed by atoms with Crippen molar-refractivity contribution in [3.63, 3.8) is 0 Å². The van der Waals surface area contributed by atoms with Gasteiger partial charge < -0.3 is 14.9 Å². The van der Waals surface area contributed by atoms with Crippen molar-refractivity contribution in [2.24, 2.45) is 0 Å². The summed E-state index contributed by atoms with van der Waals surface area (Å²) in [6, 6.07) is 5.37. The second-order valence-corrected chi connectivity index (χ2v) is 6.91. The molecule has 0 radical (unpaired) electrons. The van der Waals surface area contributed by atoms with Crippen molar-refractivity contribution in [3.8, 4) is 5.75 Å². The fraction of sp³-hybridized carbons (Fsp3) is 0.231. The van der Waals surface area contributed by atoms with Crippen LogP contribution in [-0.4, -0.2) is 28.4 Å². The third kappa shape index (κ3) is 5.19. The van der Waals surface area contributed by atoms with Gasteiger partial charge >= 0.3 is 0 Å². The highest BCUT2D eigenvalue weighted by Crippen LogP contribution is 2.38. The highest BCUT2D eigenvalue weighted by Gasteiger charge is 2.11. The summed E-state index contributed by atoms with van der Waals surface area (Å²) in [5.74, 6) is 1.03. The topological polar surface area (TPSA) is 67.3 Å². The second-order valence-electron chi connectivity index (χ2n) is 4.35. The first-order valence-electron chi connectivity index (χ1n) is 6.03. The van der Waals surface area contributed by atoms with Crippen LogP contribution >= 0.6 is 41.2 Å². The number of hydrogen-bond acceptors (Lipinski definition) is 5. The third-order valence-electron chi connectivity index (χ3n) is 2.48. The maximum atomic E-state index is 9.23. The van der Waals surface area contributed by atoms with Gasteiger partial charge in [-0.2, -0.15) is 14.9 Å². The molecule has 0 spiro atoms. The van der Waals surface area contributed by atoms with Gasteiger partial charge in [-0.25, -0.2) is 4.98 Å². The van der Waals surface area contributed by atoms with E-state index >= 15 is 0 Å². The zero-order valence-corrected chi connectivity index (χ0v) is 16.0. The smallest absolute Gasteiger partial charge is 0.224 e. The third-order valence-corrected chi connectivity index (χ3v) is 3.50.